The predicted molar refractivity (Wildman–Crippen MR) is 64.4 cm³/mol. The topological polar surface area (TPSA) is 30.5 Å². The van der Waals surface area contributed by atoms with E-state index in [-0.39, 0.29) is 0 Å². The third-order valence-electron chi connectivity index (χ3n) is 3.13. The van der Waals surface area contributed by atoms with E-state index in [2.05, 4.69) is 24.4 Å². The van der Waals surface area contributed by atoms with E-state index >= 15 is 0 Å². The molecule has 0 fully saturated rings. The highest BCUT2D eigenvalue weighted by Gasteiger charge is 2.22. The number of hydrogen-bond acceptors (Lipinski definition) is 3. The van der Waals surface area contributed by atoms with Crippen molar-refractivity contribution in [2.45, 2.75) is 25.8 Å². The van der Waals surface area contributed by atoms with Gasteiger partial charge in [-0.25, -0.2) is 0 Å². The first-order valence-corrected chi connectivity index (χ1v) is 5.75. The second-order valence-electron chi connectivity index (χ2n) is 4.14. The molecule has 0 amide bonds. The minimum absolute atomic E-state index is 0.566. The molecule has 0 spiro atoms. The van der Waals surface area contributed by atoms with Crippen LogP contribution in [0.2, 0.25) is 0 Å². The second-order valence-corrected chi connectivity index (χ2v) is 4.14. The first-order chi connectivity index (χ1) is 7.78. The van der Waals surface area contributed by atoms with Crippen molar-refractivity contribution in [3.8, 4) is 11.5 Å². The molecule has 88 valence electrons. The maximum absolute atomic E-state index is 5.31. The van der Waals surface area contributed by atoms with Gasteiger partial charge in [0.25, 0.3) is 0 Å². The first kappa shape index (κ1) is 11.3. The molecule has 1 aromatic carbocycles. The van der Waals surface area contributed by atoms with Crippen LogP contribution in [0, 0.1) is 0 Å². The highest BCUT2D eigenvalue weighted by molar-refractivity contribution is 5.49. The fourth-order valence-corrected chi connectivity index (χ4v) is 2.38. The van der Waals surface area contributed by atoms with Crippen LogP contribution in [0.4, 0.5) is 0 Å². The summed E-state index contributed by atoms with van der Waals surface area (Å²) in [4.78, 5) is 0. The van der Waals surface area contributed by atoms with Crippen molar-refractivity contribution < 1.29 is 9.47 Å². The van der Waals surface area contributed by atoms with Crippen LogP contribution in [0.15, 0.2) is 12.1 Å². The minimum Gasteiger partial charge on any atom is -0.493 e. The molecule has 16 heavy (non-hydrogen) atoms. The number of ether oxygens (including phenoxy) is 2. The van der Waals surface area contributed by atoms with Gasteiger partial charge in [-0.1, -0.05) is 6.92 Å². The summed E-state index contributed by atoms with van der Waals surface area (Å²) in [6.07, 6.45) is 2.17. The van der Waals surface area contributed by atoms with Gasteiger partial charge in [0.15, 0.2) is 11.5 Å². The average Bonchev–Trinajstić information content (AvgIpc) is 2.68. The standard InChI is InChI=1S/C13H19NO2/c1-4-14-11-5-9-7-12(15-2)13(16-3)8-10(9)6-11/h7-8,11,14H,4-6H2,1-3H3. The van der Waals surface area contributed by atoms with Gasteiger partial charge < -0.3 is 14.8 Å². The predicted octanol–water partition coefficient (Wildman–Crippen LogP) is 1.78. The summed E-state index contributed by atoms with van der Waals surface area (Å²) in [7, 11) is 3.36. The summed E-state index contributed by atoms with van der Waals surface area (Å²) < 4.78 is 10.6. The number of methoxy groups -OCH3 is 2. The second kappa shape index (κ2) is 4.74. The van der Waals surface area contributed by atoms with Crippen LogP contribution in [0.5, 0.6) is 11.5 Å². The highest BCUT2D eigenvalue weighted by Crippen LogP contribution is 2.34. The zero-order valence-corrected chi connectivity index (χ0v) is 10.2. The largest absolute Gasteiger partial charge is 0.493 e. The van der Waals surface area contributed by atoms with E-state index in [9.17, 15) is 0 Å². The van der Waals surface area contributed by atoms with E-state index in [1.54, 1.807) is 14.2 Å². The maximum atomic E-state index is 5.31. The molecule has 0 aliphatic heterocycles. The number of benzene rings is 1. The van der Waals surface area contributed by atoms with Crippen molar-refractivity contribution in [1.82, 2.24) is 5.32 Å². The Labute approximate surface area is 96.8 Å². The summed E-state index contributed by atoms with van der Waals surface area (Å²) in [5.74, 6) is 1.66. The van der Waals surface area contributed by atoms with Crippen molar-refractivity contribution in [3.63, 3.8) is 0 Å². The Kier molecular flexibility index (Phi) is 3.34. The molecule has 0 unspecified atom stereocenters. The molecule has 0 atom stereocenters. The van der Waals surface area contributed by atoms with E-state index in [0.29, 0.717) is 6.04 Å². The van der Waals surface area contributed by atoms with E-state index in [1.807, 2.05) is 0 Å². The van der Waals surface area contributed by atoms with Crippen molar-refractivity contribution >= 4 is 0 Å². The molecular weight excluding hydrogens is 202 g/mol. The van der Waals surface area contributed by atoms with Gasteiger partial charge in [-0.2, -0.15) is 0 Å². The molecule has 0 saturated carbocycles. The van der Waals surface area contributed by atoms with Crippen molar-refractivity contribution in [2.24, 2.45) is 0 Å². The third kappa shape index (κ3) is 2.00. The van der Waals surface area contributed by atoms with Crippen molar-refractivity contribution in [3.05, 3.63) is 23.3 Å². The van der Waals surface area contributed by atoms with Gasteiger partial charge in [0.05, 0.1) is 14.2 Å². The number of rotatable bonds is 4. The van der Waals surface area contributed by atoms with Crippen LogP contribution in [0.25, 0.3) is 0 Å². The molecule has 0 radical (unpaired) electrons. The molecule has 3 nitrogen and oxygen atoms in total. The number of likely N-dealkylation sites (N-methyl/N-ethyl adjacent to an activating group) is 1. The lowest BCUT2D eigenvalue weighted by atomic mass is 10.1. The van der Waals surface area contributed by atoms with Crippen LogP contribution in [-0.2, 0) is 12.8 Å². The number of fused-ring (bicyclic) bond motifs is 1. The molecule has 0 saturated heterocycles. The van der Waals surface area contributed by atoms with Crippen LogP contribution < -0.4 is 14.8 Å². The molecule has 2 rings (SSSR count). The summed E-state index contributed by atoms with van der Waals surface area (Å²) >= 11 is 0. The van der Waals surface area contributed by atoms with E-state index in [1.165, 1.54) is 11.1 Å². The first-order valence-electron chi connectivity index (χ1n) is 5.75. The smallest absolute Gasteiger partial charge is 0.161 e. The number of nitrogens with one attached hydrogen (secondary N) is 1. The van der Waals surface area contributed by atoms with Crippen LogP contribution >= 0.6 is 0 Å². The average molecular weight is 221 g/mol. The Bertz CT molecular complexity index is 343. The summed E-state index contributed by atoms with van der Waals surface area (Å²) in [5.41, 5.74) is 2.76. The van der Waals surface area contributed by atoms with E-state index in [0.717, 1.165) is 30.9 Å². The van der Waals surface area contributed by atoms with Crippen molar-refractivity contribution in [1.29, 1.82) is 0 Å². The molecule has 3 heteroatoms. The zero-order chi connectivity index (χ0) is 11.5. The summed E-state index contributed by atoms with van der Waals surface area (Å²) in [5, 5.41) is 3.48. The molecule has 0 bridgehead atoms. The maximum Gasteiger partial charge on any atom is 0.161 e. The van der Waals surface area contributed by atoms with Gasteiger partial charge in [0, 0.05) is 6.04 Å². The lowest BCUT2D eigenvalue weighted by Gasteiger charge is -2.09. The molecule has 1 aliphatic carbocycles. The lowest BCUT2D eigenvalue weighted by molar-refractivity contribution is 0.354. The fraction of sp³-hybridized carbons (Fsp3) is 0.538. The van der Waals surface area contributed by atoms with E-state index in [4.69, 9.17) is 9.47 Å². The lowest BCUT2D eigenvalue weighted by Crippen LogP contribution is -2.28. The summed E-state index contributed by atoms with van der Waals surface area (Å²) in [6, 6.07) is 4.77. The van der Waals surface area contributed by atoms with Gasteiger partial charge in [-0.15, -0.1) is 0 Å². The third-order valence-corrected chi connectivity index (χ3v) is 3.13. The van der Waals surface area contributed by atoms with Gasteiger partial charge in [0.1, 0.15) is 0 Å². The molecule has 1 N–H and O–H groups in total. The quantitative estimate of drug-likeness (QED) is 0.840. The Hall–Kier alpha value is -1.22. The molecule has 1 aliphatic rings. The molecular formula is C13H19NO2. The molecule has 0 heterocycles. The fourth-order valence-electron chi connectivity index (χ4n) is 2.38. The highest BCUT2D eigenvalue weighted by atomic mass is 16.5. The van der Waals surface area contributed by atoms with Crippen molar-refractivity contribution in [2.75, 3.05) is 20.8 Å². The van der Waals surface area contributed by atoms with Crippen LogP contribution in [0.1, 0.15) is 18.1 Å². The Morgan fingerprint density at radius 2 is 1.62 bits per heavy atom. The Balaban J connectivity index is 2.25. The van der Waals surface area contributed by atoms with Gasteiger partial charge in [-0.3, -0.25) is 0 Å². The summed E-state index contributed by atoms with van der Waals surface area (Å²) in [6.45, 7) is 3.16. The van der Waals surface area contributed by atoms with Gasteiger partial charge >= 0.3 is 0 Å². The Morgan fingerprint density at radius 1 is 1.12 bits per heavy atom. The monoisotopic (exact) mass is 221 g/mol. The number of hydrogen-bond donors (Lipinski definition) is 1. The van der Waals surface area contributed by atoms with Gasteiger partial charge in [0.2, 0.25) is 0 Å². The van der Waals surface area contributed by atoms with E-state index < -0.39 is 0 Å². The van der Waals surface area contributed by atoms with Crippen LogP contribution in [-0.4, -0.2) is 26.8 Å². The molecule has 0 aromatic heterocycles. The zero-order valence-electron chi connectivity index (χ0n) is 10.2. The normalized spacial score (nSPS) is 14.9. The van der Waals surface area contributed by atoms with Crippen LogP contribution in [0.3, 0.4) is 0 Å². The minimum atomic E-state index is 0.566. The SMILES string of the molecule is CCNC1Cc2cc(OC)c(OC)cc2C1. The molecule has 1 aromatic rings. The van der Waals surface area contributed by atoms with Gasteiger partial charge in [-0.05, 0) is 42.6 Å². The Morgan fingerprint density at radius 3 is 2.00 bits per heavy atom.